The normalized spacial score (nSPS) is 22.0. The number of ether oxygens (including phenoxy) is 2. The molecule has 0 spiro atoms. The van der Waals surface area contributed by atoms with Crippen molar-refractivity contribution in [3.8, 4) is 0 Å². The lowest BCUT2D eigenvalue weighted by molar-refractivity contribution is -0.133. The SMILES string of the molecule is CC(C)C(=O)N1CCC(c2nc(CCOCC3CCOCC3)no2)C1. The van der Waals surface area contributed by atoms with Gasteiger partial charge in [-0.2, -0.15) is 4.98 Å². The lowest BCUT2D eigenvalue weighted by Crippen LogP contribution is -2.31. The molecule has 2 aliphatic rings. The molecule has 7 heteroatoms. The number of rotatable bonds is 7. The van der Waals surface area contributed by atoms with Crippen LogP contribution in [0, 0.1) is 11.8 Å². The van der Waals surface area contributed by atoms with Gasteiger partial charge >= 0.3 is 0 Å². The van der Waals surface area contributed by atoms with Gasteiger partial charge in [-0.3, -0.25) is 4.79 Å². The summed E-state index contributed by atoms with van der Waals surface area (Å²) in [4.78, 5) is 18.5. The molecule has 1 aromatic heterocycles. The minimum absolute atomic E-state index is 0.0323. The predicted molar refractivity (Wildman–Crippen MR) is 91.1 cm³/mol. The van der Waals surface area contributed by atoms with E-state index in [0.717, 1.165) is 45.6 Å². The molecule has 1 amide bonds. The Morgan fingerprint density at radius 2 is 2.12 bits per heavy atom. The Morgan fingerprint density at radius 1 is 1.32 bits per heavy atom. The van der Waals surface area contributed by atoms with Crippen molar-refractivity contribution in [1.29, 1.82) is 0 Å². The first-order valence-corrected chi connectivity index (χ1v) is 9.40. The fourth-order valence-corrected chi connectivity index (χ4v) is 3.39. The number of nitrogens with zero attached hydrogens (tertiary/aromatic N) is 3. The number of carbonyl (C=O) groups is 1. The lowest BCUT2D eigenvalue weighted by Gasteiger charge is -2.21. The van der Waals surface area contributed by atoms with E-state index in [1.165, 1.54) is 0 Å². The average molecular weight is 351 g/mol. The van der Waals surface area contributed by atoms with E-state index in [0.29, 0.717) is 37.2 Å². The molecule has 1 aromatic rings. The molecule has 7 nitrogen and oxygen atoms in total. The first-order valence-electron chi connectivity index (χ1n) is 9.40. The van der Waals surface area contributed by atoms with Gasteiger partial charge in [-0.05, 0) is 25.2 Å². The van der Waals surface area contributed by atoms with E-state index in [9.17, 15) is 4.79 Å². The van der Waals surface area contributed by atoms with E-state index in [2.05, 4.69) is 10.1 Å². The summed E-state index contributed by atoms with van der Waals surface area (Å²) in [6.07, 6.45) is 3.72. The topological polar surface area (TPSA) is 77.7 Å². The second kappa shape index (κ2) is 8.76. The van der Waals surface area contributed by atoms with Crippen LogP contribution in [0.5, 0.6) is 0 Å². The first kappa shape index (κ1) is 18.3. The number of hydrogen-bond donors (Lipinski definition) is 0. The Bertz CT molecular complexity index is 554. The van der Waals surface area contributed by atoms with Crippen molar-refractivity contribution in [2.24, 2.45) is 11.8 Å². The molecule has 0 radical (unpaired) electrons. The minimum Gasteiger partial charge on any atom is -0.381 e. The standard InChI is InChI=1S/C18H29N3O4/c1-13(2)18(22)21-7-3-15(11-21)17-19-16(20-25-17)6-10-24-12-14-4-8-23-9-5-14/h13-15H,3-12H2,1-2H3. The molecular formula is C18H29N3O4. The van der Waals surface area contributed by atoms with Gasteiger partial charge in [0.2, 0.25) is 11.8 Å². The molecule has 1 atom stereocenters. The monoisotopic (exact) mass is 351 g/mol. The van der Waals surface area contributed by atoms with Crippen LogP contribution in [0.4, 0.5) is 0 Å². The predicted octanol–water partition coefficient (Wildman–Crippen LogP) is 2.03. The Hall–Kier alpha value is -1.47. The quantitative estimate of drug-likeness (QED) is 0.700. The molecule has 25 heavy (non-hydrogen) atoms. The molecule has 3 rings (SSSR count). The van der Waals surface area contributed by atoms with E-state index in [1.807, 2.05) is 18.7 Å². The van der Waals surface area contributed by atoms with Crippen LogP contribution in [0.3, 0.4) is 0 Å². The van der Waals surface area contributed by atoms with E-state index >= 15 is 0 Å². The summed E-state index contributed by atoms with van der Waals surface area (Å²) >= 11 is 0. The van der Waals surface area contributed by atoms with Gasteiger partial charge in [0.25, 0.3) is 0 Å². The van der Waals surface area contributed by atoms with E-state index in [4.69, 9.17) is 14.0 Å². The van der Waals surface area contributed by atoms with Crippen LogP contribution < -0.4 is 0 Å². The van der Waals surface area contributed by atoms with Crippen molar-refractivity contribution in [2.75, 3.05) is 39.5 Å². The highest BCUT2D eigenvalue weighted by Crippen LogP contribution is 2.27. The summed E-state index contributed by atoms with van der Waals surface area (Å²) in [5.41, 5.74) is 0. The highest BCUT2D eigenvalue weighted by molar-refractivity contribution is 5.78. The number of hydrogen-bond acceptors (Lipinski definition) is 6. The second-order valence-corrected chi connectivity index (χ2v) is 7.35. The maximum absolute atomic E-state index is 12.1. The van der Waals surface area contributed by atoms with Crippen LogP contribution >= 0.6 is 0 Å². The molecule has 0 aromatic carbocycles. The summed E-state index contributed by atoms with van der Waals surface area (Å²) in [6.45, 7) is 8.40. The summed E-state index contributed by atoms with van der Waals surface area (Å²) in [5.74, 6) is 2.34. The van der Waals surface area contributed by atoms with Gasteiger partial charge in [0, 0.05) is 45.2 Å². The number of carbonyl (C=O) groups excluding carboxylic acids is 1. The largest absolute Gasteiger partial charge is 0.381 e. The molecule has 2 fully saturated rings. The minimum atomic E-state index is 0.0323. The average Bonchev–Trinajstić information content (AvgIpc) is 3.28. The van der Waals surface area contributed by atoms with Crippen molar-refractivity contribution in [3.63, 3.8) is 0 Å². The van der Waals surface area contributed by atoms with Crippen molar-refractivity contribution in [2.45, 2.75) is 45.4 Å². The highest BCUT2D eigenvalue weighted by atomic mass is 16.5. The first-order chi connectivity index (χ1) is 12.1. The maximum atomic E-state index is 12.1. The molecule has 0 bridgehead atoms. The molecule has 0 N–H and O–H groups in total. The molecule has 3 heterocycles. The summed E-state index contributed by atoms with van der Waals surface area (Å²) in [6, 6.07) is 0. The third-order valence-corrected chi connectivity index (χ3v) is 4.99. The number of amides is 1. The van der Waals surface area contributed by atoms with Crippen molar-refractivity contribution >= 4 is 5.91 Å². The van der Waals surface area contributed by atoms with Gasteiger partial charge in [0.1, 0.15) is 0 Å². The van der Waals surface area contributed by atoms with Crippen LogP contribution in [0.1, 0.15) is 50.7 Å². The van der Waals surface area contributed by atoms with Crippen molar-refractivity contribution < 1.29 is 18.8 Å². The molecule has 2 aliphatic heterocycles. The van der Waals surface area contributed by atoms with Crippen LogP contribution in [-0.2, 0) is 20.7 Å². The second-order valence-electron chi connectivity index (χ2n) is 7.35. The highest BCUT2D eigenvalue weighted by Gasteiger charge is 2.31. The zero-order valence-electron chi connectivity index (χ0n) is 15.3. The van der Waals surface area contributed by atoms with Gasteiger partial charge < -0.3 is 18.9 Å². The summed E-state index contributed by atoms with van der Waals surface area (Å²) in [7, 11) is 0. The Morgan fingerprint density at radius 3 is 2.88 bits per heavy atom. The number of aromatic nitrogens is 2. The maximum Gasteiger partial charge on any atom is 0.231 e. The van der Waals surface area contributed by atoms with Crippen LogP contribution in [-0.4, -0.2) is 60.5 Å². The van der Waals surface area contributed by atoms with Gasteiger partial charge in [-0.15, -0.1) is 0 Å². The van der Waals surface area contributed by atoms with E-state index in [-0.39, 0.29) is 17.7 Å². The molecule has 1 unspecified atom stereocenters. The molecule has 140 valence electrons. The van der Waals surface area contributed by atoms with Gasteiger partial charge in [-0.1, -0.05) is 19.0 Å². The number of likely N-dealkylation sites (tertiary alicyclic amines) is 1. The third-order valence-electron chi connectivity index (χ3n) is 4.99. The van der Waals surface area contributed by atoms with Crippen LogP contribution in [0.25, 0.3) is 0 Å². The Balaban J connectivity index is 1.39. The smallest absolute Gasteiger partial charge is 0.231 e. The van der Waals surface area contributed by atoms with Crippen molar-refractivity contribution in [3.05, 3.63) is 11.7 Å². The van der Waals surface area contributed by atoms with Gasteiger partial charge in [0.15, 0.2) is 5.82 Å². The third kappa shape index (κ3) is 5.01. The van der Waals surface area contributed by atoms with Crippen LogP contribution in [0.15, 0.2) is 4.52 Å². The van der Waals surface area contributed by atoms with E-state index < -0.39 is 0 Å². The Labute approximate surface area is 149 Å². The van der Waals surface area contributed by atoms with Gasteiger partial charge in [-0.25, -0.2) is 0 Å². The fraction of sp³-hybridized carbons (Fsp3) is 0.833. The molecular weight excluding hydrogens is 322 g/mol. The molecule has 0 aliphatic carbocycles. The lowest BCUT2D eigenvalue weighted by atomic mass is 10.0. The van der Waals surface area contributed by atoms with Crippen LogP contribution in [0.2, 0.25) is 0 Å². The van der Waals surface area contributed by atoms with Gasteiger partial charge in [0.05, 0.1) is 12.5 Å². The Kier molecular flexibility index (Phi) is 6.42. The summed E-state index contributed by atoms with van der Waals surface area (Å²) < 4.78 is 16.5. The zero-order chi connectivity index (χ0) is 17.6. The van der Waals surface area contributed by atoms with Crippen molar-refractivity contribution in [1.82, 2.24) is 15.0 Å². The summed E-state index contributed by atoms with van der Waals surface area (Å²) in [5, 5.41) is 4.06. The fourth-order valence-electron chi connectivity index (χ4n) is 3.39. The molecule has 2 saturated heterocycles. The van der Waals surface area contributed by atoms with E-state index in [1.54, 1.807) is 0 Å². The molecule has 0 saturated carbocycles. The zero-order valence-corrected chi connectivity index (χ0v) is 15.3.